The minimum atomic E-state index is -0.879. The van der Waals surface area contributed by atoms with E-state index in [0.29, 0.717) is 6.61 Å². The van der Waals surface area contributed by atoms with E-state index in [0.717, 1.165) is 12.8 Å². The van der Waals surface area contributed by atoms with E-state index in [1.165, 1.54) is 25.7 Å². The van der Waals surface area contributed by atoms with E-state index in [-0.39, 0.29) is 0 Å². The number of hydrogen-bond donors (Lipinski definition) is 1. The minimum absolute atomic E-state index is 0.569. The zero-order valence-corrected chi connectivity index (χ0v) is 9.29. The van der Waals surface area contributed by atoms with Crippen molar-refractivity contribution in [3.63, 3.8) is 0 Å². The van der Waals surface area contributed by atoms with Gasteiger partial charge in [0.1, 0.15) is 0 Å². The van der Waals surface area contributed by atoms with Crippen molar-refractivity contribution in [2.24, 2.45) is 0 Å². The fraction of sp³-hybridized carbons (Fsp3) is 0.909. The van der Waals surface area contributed by atoms with Crippen LogP contribution in [0.25, 0.3) is 0 Å². The highest BCUT2D eigenvalue weighted by Gasteiger charge is 2.09. The molecule has 0 rings (SSSR count). The molecule has 0 unspecified atom stereocenters. The summed E-state index contributed by atoms with van der Waals surface area (Å²) in [5, 5.41) is 8.53. The molecule has 1 atom stereocenters. The number of carbonyl (C=O) groups is 1. The zero-order chi connectivity index (χ0) is 10.8. The third-order valence-electron chi connectivity index (χ3n) is 2.21. The van der Waals surface area contributed by atoms with E-state index < -0.39 is 12.1 Å². The fourth-order valence-corrected chi connectivity index (χ4v) is 1.21. The van der Waals surface area contributed by atoms with Crippen LogP contribution in [-0.2, 0) is 9.53 Å². The van der Waals surface area contributed by atoms with Crippen molar-refractivity contribution >= 4 is 5.97 Å². The van der Waals surface area contributed by atoms with Gasteiger partial charge in [0.05, 0.1) is 0 Å². The van der Waals surface area contributed by atoms with Gasteiger partial charge in [0, 0.05) is 6.61 Å². The molecular formula is C11H22O3. The van der Waals surface area contributed by atoms with Crippen LogP contribution in [0.4, 0.5) is 0 Å². The number of hydrogen-bond acceptors (Lipinski definition) is 2. The molecule has 0 heterocycles. The lowest BCUT2D eigenvalue weighted by molar-refractivity contribution is -0.149. The Morgan fingerprint density at radius 1 is 1.21 bits per heavy atom. The first kappa shape index (κ1) is 13.4. The summed E-state index contributed by atoms with van der Waals surface area (Å²) in [5.41, 5.74) is 0. The Hall–Kier alpha value is -0.570. The van der Waals surface area contributed by atoms with Crippen LogP contribution in [0.15, 0.2) is 0 Å². The van der Waals surface area contributed by atoms with Crippen LogP contribution in [0.5, 0.6) is 0 Å². The number of ether oxygens (including phenoxy) is 1. The summed E-state index contributed by atoms with van der Waals surface area (Å²) in [7, 11) is 0. The zero-order valence-electron chi connectivity index (χ0n) is 9.29. The maximum atomic E-state index is 10.4. The van der Waals surface area contributed by atoms with Gasteiger partial charge in [0.2, 0.25) is 0 Å². The predicted molar refractivity (Wildman–Crippen MR) is 56.4 cm³/mol. The maximum absolute atomic E-state index is 10.4. The molecule has 3 nitrogen and oxygen atoms in total. The number of aliphatic carboxylic acids is 1. The molecule has 3 heteroatoms. The largest absolute Gasteiger partial charge is 0.479 e. The average molecular weight is 202 g/mol. The normalized spacial score (nSPS) is 12.7. The molecule has 1 N–H and O–H groups in total. The molecule has 0 bridgehead atoms. The summed E-state index contributed by atoms with van der Waals surface area (Å²) in [6.07, 6.45) is 6.53. The molecule has 0 saturated carbocycles. The van der Waals surface area contributed by atoms with Gasteiger partial charge in [-0.2, -0.15) is 0 Å². The first-order valence-corrected chi connectivity index (χ1v) is 5.53. The van der Waals surface area contributed by atoms with Crippen molar-refractivity contribution in [2.75, 3.05) is 6.61 Å². The van der Waals surface area contributed by atoms with Crippen LogP contribution in [-0.4, -0.2) is 23.8 Å². The van der Waals surface area contributed by atoms with E-state index in [2.05, 4.69) is 6.92 Å². The molecule has 0 aliphatic rings. The first-order valence-electron chi connectivity index (χ1n) is 5.53. The second-order valence-electron chi connectivity index (χ2n) is 3.62. The first-order chi connectivity index (χ1) is 6.68. The van der Waals surface area contributed by atoms with Gasteiger partial charge in [-0.15, -0.1) is 0 Å². The maximum Gasteiger partial charge on any atom is 0.332 e. The summed E-state index contributed by atoms with van der Waals surface area (Å²) in [4.78, 5) is 10.4. The molecule has 0 aromatic heterocycles. The highest BCUT2D eigenvalue weighted by molar-refractivity contribution is 5.71. The van der Waals surface area contributed by atoms with E-state index in [4.69, 9.17) is 9.84 Å². The standard InChI is InChI=1S/C11H22O3/c1-3-4-5-6-7-8-9-14-10(2)11(12)13/h10H,3-9H2,1-2H3,(H,12,13)/t10-/m0/s1. The smallest absolute Gasteiger partial charge is 0.332 e. The molecule has 0 aliphatic heterocycles. The molecule has 0 amide bonds. The number of rotatable bonds is 9. The fourth-order valence-electron chi connectivity index (χ4n) is 1.21. The van der Waals surface area contributed by atoms with Crippen LogP contribution in [0, 0.1) is 0 Å². The quantitative estimate of drug-likeness (QED) is 0.585. The van der Waals surface area contributed by atoms with Crippen LogP contribution in [0.2, 0.25) is 0 Å². The van der Waals surface area contributed by atoms with Gasteiger partial charge < -0.3 is 9.84 Å². The SMILES string of the molecule is CCCCCCCCO[C@@H](C)C(=O)O. The Bertz CT molecular complexity index is 145. The second kappa shape index (κ2) is 9.00. The number of unbranched alkanes of at least 4 members (excludes halogenated alkanes) is 5. The molecule has 0 aromatic rings. The van der Waals surface area contributed by atoms with Crippen molar-refractivity contribution in [1.29, 1.82) is 0 Å². The highest BCUT2D eigenvalue weighted by atomic mass is 16.5. The van der Waals surface area contributed by atoms with Crippen LogP contribution in [0.3, 0.4) is 0 Å². The van der Waals surface area contributed by atoms with Crippen molar-refractivity contribution in [3.05, 3.63) is 0 Å². The predicted octanol–water partition coefficient (Wildman–Crippen LogP) is 2.84. The molecule has 0 radical (unpaired) electrons. The summed E-state index contributed by atoms with van der Waals surface area (Å²) in [5.74, 6) is -0.879. The summed E-state index contributed by atoms with van der Waals surface area (Å²) in [6, 6.07) is 0. The summed E-state index contributed by atoms with van der Waals surface area (Å²) >= 11 is 0. The molecule has 84 valence electrons. The highest BCUT2D eigenvalue weighted by Crippen LogP contribution is 2.05. The molecule has 0 saturated heterocycles. The summed E-state index contributed by atoms with van der Waals surface area (Å²) in [6.45, 7) is 4.33. The Morgan fingerprint density at radius 3 is 2.36 bits per heavy atom. The van der Waals surface area contributed by atoms with Crippen molar-refractivity contribution in [3.8, 4) is 0 Å². The molecule has 0 aromatic carbocycles. The lowest BCUT2D eigenvalue weighted by Crippen LogP contribution is -2.20. The van der Waals surface area contributed by atoms with Gasteiger partial charge in [-0.05, 0) is 13.3 Å². The Balaban J connectivity index is 3.09. The average Bonchev–Trinajstić information content (AvgIpc) is 2.16. The third-order valence-corrected chi connectivity index (χ3v) is 2.21. The number of carboxylic acids is 1. The molecule has 14 heavy (non-hydrogen) atoms. The van der Waals surface area contributed by atoms with Gasteiger partial charge >= 0.3 is 5.97 Å². The van der Waals surface area contributed by atoms with Crippen molar-refractivity contribution in [2.45, 2.75) is 58.5 Å². The van der Waals surface area contributed by atoms with E-state index >= 15 is 0 Å². The Kier molecular flexibility index (Phi) is 8.64. The molecule has 0 aliphatic carbocycles. The van der Waals surface area contributed by atoms with Gasteiger partial charge in [-0.25, -0.2) is 4.79 Å². The topological polar surface area (TPSA) is 46.5 Å². The van der Waals surface area contributed by atoms with E-state index in [1.54, 1.807) is 6.92 Å². The Labute approximate surface area is 86.5 Å². The monoisotopic (exact) mass is 202 g/mol. The molecular weight excluding hydrogens is 180 g/mol. The van der Waals surface area contributed by atoms with E-state index in [1.807, 2.05) is 0 Å². The van der Waals surface area contributed by atoms with Gasteiger partial charge in [0.15, 0.2) is 6.10 Å². The van der Waals surface area contributed by atoms with Gasteiger partial charge in [-0.3, -0.25) is 0 Å². The van der Waals surface area contributed by atoms with Crippen LogP contribution in [0.1, 0.15) is 52.4 Å². The molecule has 0 spiro atoms. The van der Waals surface area contributed by atoms with Crippen LogP contribution >= 0.6 is 0 Å². The third kappa shape index (κ3) is 8.05. The minimum Gasteiger partial charge on any atom is -0.479 e. The van der Waals surface area contributed by atoms with Gasteiger partial charge in [0.25, 0.3) is 0 Å². The lowest BCUT2D eigenvalue weighted by Gasteiger charge is -2.07. The molecule has 0 fully saturated rings. The van der Waals surface area contributed by atoms with Crippen LogP contribution < -0.4 is 0 Å². The summed E-state index contributed by atoms with van der Waals surface area (Å²) < 4.78 is 5.11. The second-order valence-corrected chi connectivity index (χ2v) is 3.62. The lowest BCUT2D eigenvalue weighted by atomic mass is 10.1. The van der Waals surface area contributed by atoms with E-state index in [9.17, 15) is 4.79 Å². The van der Waals surface area contributed by atoms with Crippen molar-refractivity contribution < 1.29 is 14.6 Å². The number of carboxylic acid groups (broad SMARTS) is 1. The Morgan fingerprint density at radius 2 is 1.79 bits per heavy atom. The van der Waals surface area contributed by atoms with Gasteiger partial charge in [-0.1, -0.05) is 39.0 Å². The van der Waals surface area contributed by atoms with Crippen molar-refractivity contribution in [1.82, 2.24) is 0 Å².